The van der Waals surface area contributed by atoms with Gasteiger partial charge in [-0.3, -0.25) is 0 Å². The molecule has 118 valence electrons. The van der Waals surface area contributed by atoms with Crippen LogP contribution < -0.4 is 5.32 Å². The summed E-state index contributed by atoms with van der Waals surface area (Å²) in [5.74, 6) is 1.19. The summed E-state index contributed by atoms with van der Waals surface area (Å²) in [7, 11) is 3.54. The lowest BCUT2D eigenvalue weighted by Gasteiger charge is -2.07. The Bertz CT molecular complexity index is 742. The predicted molar refractivity (Wildman–Crippen MR) is 83.0 cm³/mol. The second-order valence-corrected chi connectivity index (χ2v) is 6.04. The molecule has 3 heterocycles. The van der Waals surface area contributed by atoms with E-state index >= 15 is 0 Å². The number of nitrogens with zero attached hydrogens (tertiary/aromatic N) is 5. The van der Waals surface area contributed by atoms with Gasteiger partial charge in [-0.2, -0.15) is 10.1 Å². The second-order valence-electron chi connectivity index (χ2n) is 5.04. The van der Waals surface area contributed by atoms with Gasteiger partial charge >= 0.3 is 0 Å². The first-order valence-electron chi connectivity index (χ1n) is 6.96. The van der Waals surface area contributed by atoms with Crippen molar-refractivity contribution in [3.05, 3.63) is 17.4 Å². The smallest absolute Gasteiger partial charge is 0.248 e. The quantitative estimate of drug-likeness (QED) is 0.743. The van der Waals surface area contributed by atoms with Crippen LogP contribution in [-0.4, -0.2) is 38.6 Å². The van der Waals surface area contributed by atoms with Gasteiger partial charge in [-0.15, -0.1) is 0 Å². The number of rotatable bonds is 6. The van der Waals surface area contributed by atoms with Crippen molar-refractivity contribution in [2.45, 2.75) is 26.3 Å². The molecule has 0 fully saturated rings. The summed E-state index contributed by atoms with van der Waals surface area (Å²) in [6.07, 6.45) is 0.638. The Hall–Kier alpha value is -2.00. The van der Waals surface area contributed by atoms with Crippen molar-refractivity contribution in [3.8, 4) is 0 Å². The standard InChI is InChI=1S/C13H18N6O2S/c1-7-10-11(19(3)17-7)16-13(22-10)14-8(2)12-15-9(18-21-12)5-6-20-4/h8H,5-6H2,1-4H3,(H,14,16)/t8-/m1/s1. The van der Waals surface area contributed by atoms with Gasteiger partial charge in [0.05, 0.1) is 17.0 Å². The lowest BCUT2D eigenvalue weighted by molar-refractivity contribution is 0.199. The summed E-state index contributed by atoms with van der Waals surface area (Å²) in [6.45, 7) is 4.52. The van der Waals surface area contributed by atoms with E-state index in [2.05, 4.69) is 25.5 Å². The monoisotopic (exact) mass is 322 g/mol. The molecule has 3 aromatic rings. The van der Waals surface area contributed by atoms with Crippen LogP contribution in [0.4, 0.5) is 5.13 Å². The van der Waals surface area contributed by atoms with Gasteiger partial charge in [0.2, 0.25) is 5.89 Å². The Morgan fingerprint density at radius 3 is 2.95 bits per heavy atom. The van der Waals surface area contributed by atoms with Crippen LogP contribution in [0.25, 0.3) is 10.3 Å². The molecule has 0 aliphatic heterocycles. The van der Waals surface area contributed by atoms with Crippen LogP contribution in [-0.2, 0) is 18.2 Å². The van der Waals surface area contributed by atoms with Gasteiger partial charge in [0.1, 0.15) is 6.04 Å². The molecule has 22 heavy (non-hydrogen) atoms. The lowest BCUT2D eigenvalue weighted by Crippen LogP contribution is -2.07. The van der Waals surface area contributed by atoms with Crippen LogP contribution in [0.3, 0.4) is 0 Å². The van der Waals surface area contributed by atoms with E-state index in [1.165, 1.54) is 0 Å². The molecular weight excluding hydrogens is 304 g/mol. The number of nitrogens with one attached hydrogen (secondary N) is 1. The molecule has 1 atom stereocenters. The summed E-state index contributed by atoms with van der Waals surface area (Å²) in [6, 6.07) is -0.113. The van der Waals surface area contributed by atoms with Crippen molar-refractivity contribution < 1.29 is 9.26 Å². The number of aryl methyl sites for hydroxylation is 2. The fourth-order valence-electron chi connectivity index (χ4n) is 2.13. The van der Waals surface area contributed by atoms with Gasteiger partial charge in [-0.1, -0.05) is 16.5 Å². The van der Waals surface area contributed by atoms with E-state index in [0.717, 1.165) is 21.2 Å². The maximum absolute atomic E-state index is 5.28. The van der Waals surface area contributed by atoms with Crippen molar-refractivity contribution in [2.24, 2.45) is 7.05 Å². The third-order valence-corrected chi connectivity index (χ3v) is 4.35. The number of ether oxygens (including phenoxy) is 1. The number of hydrogen-bond acceptors (Lipinski definition) is 8. The first kappa shape index (κ1) is 14.9. The number of anilines is 1. The normalized spacial score (nSPS) is 12.9. The van der Waals surface area contributed by atoms with E-state index < -0.39 is 0 Å². The van der Waals surface area contributed by atoms with Gasteiger partial charge in [0.15, 0.2) is 16.6 Å². The summed E-state index contributed by atoms with van der Waals surface area (Å²) >= 11 is 1.57. The molecule has 0 unspecified atom stereocenters. The molecule has 9 heteroatoms. The third-order valence-electron chi connectivity index (χ3n) is 3.27. The topological polar surface area (TPSA) is 90.9 Å². The molecule has 1 N–H and O–H groups in total. The number of methoxy groups -OCH3 is 1. The zero-order valence-corrected chi connectivity index (χ0v) is 13.8. The number of thiazole rings is 1. The number of aromatic nitrogens is 5. The molecule has 0 aliphatic carbocycles. The molecule has 8 nitrogen and oxygen atoms in total. The third kappa shape index (κ3) is 2.81. The second kappa shape index (κ2) is 6.01. The molecule has 0 radical (unpaired) electrons. The highest BCUT2D eigenvalue weighted by atomic mass is 32.1. The molecule has 0 spiro atoms. The minimum absolute atomic E-state index is 0.113. The van der Waals surface area contributed by atoms with Crippen LogP contribution in [0, 0.1) is 6.92 Å². The molecule has 0 bridgehead atoms. The largest absolute Gasteiger partial charge is 0.384 e. The molecule has 0 aromatic carbocycles. The van der Waals surface area contributed by atoms with Crippen LogP contribution >= 0.6 is 11.3 Å². The predicted octanol–water partition coefficient (Wildman–Crippen LogP) is 2.08. The molecule has 0 aliphatic rings. The Balaban J connectivity index is 1.73. The lowest BCUT2D eigenvalue weighted by atomic mass is 10.3. The van der Waals surface area contributed by atoms with Crippen LogP contribution in [0.5, 0.6) is 0 Å². The number of fused-ring (bicyclic) bond motifs is 1. The van der Waals surface area contributed by atoms with Gasteiger partial charge in [0, 0.05) is 20.6 Å². The zero-order chi connectivity index (χ0) is 15.7. The molecule has 3 rings (SSSR count). The highest BCUT2D eigenvalue weighted by molar-refractivity contribution is 7.22. The number of hydrogen-bond donors (Lipinski definition) is 1. The van der Waals surface area contributed by atoms with Crippen LogP contribution in [0.2, 0.25) is 0 Å². The van der Waals surface area contributed by atoms with Crippen molar-refractivity contribution in [2.75, 3.05) is 19.0 Å². The molecule has 0 amide bonds. The van der Waals surface area contributed by atoms with Crippen molar-refractivity contribution >= 4 is 26.8 Å². The van der Waals surface area contributed by atoms with Crippen molar-refractivity contribution in [1.82, 2.24) is 24.9 Å². The summed E-state index contributed by atoms with van der Waals surface area (Å²) in [4.78, 5) is 8.91. The molecule has 0 saturated carbocycles. The zero-order valence-electron chi connectivity index (χ0n) is 13.0. The highest BCUT2D eigenvalue weighted by Gasteiger charge is 2.17. The van der Waals surface area contributed by atoms with E-state index in [1.54, 1.807) is 23.1 Å². The molecular formula is C13H18N6O2S. The van der Waals surface area contributed by atoms with E-state index in [1.807, 2.05) is 20.9 Å². The van der Waals surface area contributed by atoms with Gasteiger partial charge in [-0.25, -0.2) is 9.67 Å². The van der Waals surface area contributed by atoms with Crippen molar-refractivity contribution in [1.29, 1.82) is 0 Å². The van der Waals surface area contributed by atoms with Crippen molar-refractivity contribution in [3.63, 3.8) is 0 Å². The van der Waals surface area contributed by atoms with Gasteiger partial charge < -0.3 is 14.6 Å². The molecule has 0 saturated heterocycles. The fourth-order valence-corrected chi connectivity index (χ4v) is 3.15. The Morgan fingerprint density at radius 2 is 2.23 bits per heavy atom. The van der Waals surface area contributed by atoms with E-state index in [9.17, 15) is 0 Å². The van der Waals surface area contributed by atoms with Gasteiger partial charge in [-0.05, 0) is 13.8 Å². The Kier molecular flexibility index (Phi) is 4.08. The minimum Gasteiger partial charge on any atom is -0.384 e. The van der Waals surface area contributed by atoms with Crippen LogP contribution in [0.15, 0.2) is 4.52 Å². The van der Waals surface area contributed by atoms with Crippen LogP contribution in [0.1, 0.15) is 30.4 Å². The first-order valence-corrected chi connectivity index (χ1v) is 7.78. The maximum atomic E-state index is 5.28. The van der Waals surface area contributed by atoms with E-state index in [0.29, 0.717) is 24.7 Å². The SMILES string of the molecule is COCCc1noc([C@@H](C)Nc2nc3c(s2)c(C)nn3C)n1. The van der Waals surface area contributed by atoms with E-state index in [4.69, 9.17) is 9.26 Å². The summed E-state index contributed by atoms with van der Waals surface area (Å²) < 4.78 is 13.2. The first-order chi connectivity index (χ1) is 10.6. The average Bonchev–Trinajstić information content (AvgIpc) is 3.16. The summed E-state index contributed by atoms with van der Waals surface area (Å²) in [5, 5.41) is 12.4. The fraction of sp³-hybridized carbons (Fsp3) is 0.538. The minimum atomic E-state index is -0.113. The average molecular weight is 322 g/mol. The summed E-state index contributed by atoms with van der Waals surface area (Å²) in [5.41, 5.74) is 1.86. The maximum Gasteiger partial charge on any atom is 0.248 e. The van der Waals surface area contributed by atoms with Gasteiger partial charge in [0.25, 0.3) is 0 Å². The van der Waals surface area contributed by atoms with E-state index in [-0.39, 0.29) is 6.04 Å². The molecule has 3 aromatic heterocycles. The highest BCUT2D eigenvalue weighted by Crippen LogP contribution is 2.30. The Morgan fingerprint density at radius 1 is 1.41 bits per heavy atom. The Labute approximate surface area is 131 Å².